The highest BCUT2D eigenvalue weighted by molar-refractivity contribution is 9.10. The summed E-state index contributed by atoms with van der Waals surface area (Å²) in [6, 6.07) is 4.24. The number of benzene rings is 1. The van der Waals surface area contributed by atoms with Gasteiger partial charge in [-0.1, -0.05) is 13.8 Å². The largest absolute Gasteiger partial charge is 0.490 e. The zero-order valence-electron chi connectivity index (χ0n) is 12.9. The average molecular weight is 354 g/mol. The first-order valence-electron chi connectivity index (χ1n) is 7.89. The number of ether oxygens (including phenoxy) is 2. The second-order valence-electron chi connectivity index (χ2n) is 6.58. The van der Waals surface area contributed by atoms with Crippen molar-refractivity contribution in [1.29, 1.82) is 0 Å². The van der Waals surface area contributed by atoms with Crippen molar-refractivity contribution in [3.63, 3.8) is 0 Å². The fourth-order valence-corrected chi connectivity index (χ4v) is 3.56. The van der Waals surface area contributed by atoms with E-state index >= 15 is 0 Å². The van der Waals surface area contributed by atoms with Crippen LogP contribution in [0.5, 0.6) is 11.5 Å². The lowest BCUT2D eigenvalue weighted by molar-refractivity contribution is 0.296. The van der Waals surface area contributed by atoms with Gasteiger partial charge in [-0.25, -0.2) is 0 Å². The quantitative estimate of drug-likeness (QED) is 0.862. The molecule has 0 bridgehead atoms. The Balaban J connectivity index is 1.64. The van der Waals surface area contributed by atoms with Crippen LogP contribution in [0.2, 0.25) is 0 Å². The van der Waals surface area contributed by atoms with Gasteiger partial charge in [0.1, 0.15) is 0 Å². The molecular weight excluding hydrogens is 330 g/mol. The van der Waals surface area contributed by atoms with Gasteiger partial charge in [0.25, 0.3) is 0 Å². The summed E-state index contributed by atoms with van der Waals surface area (Å²) in [6.45, 7) is 8.10. The molecule has 1 aromatic rings. The van der Waals surface area contributed by atoms with E-state index in [0.717, 1.165) is 54.6 Å². The molecule has 1 fully saturated rings. The van der Waals surface area contributed by atoms with Crippen LogP contribution in [0.25, 0.3) is 0 Å². The van der Waals surface area contributed by atoms with E-state index in [1.54, 1.807) is 0 Å². The lowest BCUT2D eigenvalue weighted by atomic mass is 9.92. The van der Waals surface area contributed by atoms with Gasteiger partial charge in [-0.15, -0.1) is 0 Å². The first kappa shape index (κ1) is 15.2. The number of halogens is 1. The van der Waals surface area contributed by atoms with Crippen molar-refractivity contribution in [1.82, 2.24) is 5.32 Å². The highest BCUT2D eigenvalue weighted by Crippen LogP contribution is 2.51. The van der Waals surface area contributed by atoms with Gasteiger partial charge >= 0.3 is 0 Å². The molecule has 2 aliphatic rings. The van der Waals surface area contributed by atoms with Gasteiger partial charge in [0.05, 0.1) is 17.7 Å². The first-order valence-corrected chi connectivity index (χ1v) is 8.69. The zero-order chi connectivity index (χ0) is 14.9. The second-order valence-corrected chi connectivity index (χ2v) is 7.43. The molecule has 0 saturated heterocycles. The zero-order valence-corrected chi connectivity index (χ0v) is 14.5. The molecular formula is C17H24BrNO2. The van der Waals surface area contributed by atoms with E-state index in [0.29, 0.717) is 5.41 Å². The number of nitrogens with one attached hydrogen (secondary N) is 1. The van der Waals surface area contributed by atoms with Crippen molar-refractivity contribution in [3.8, 4) is 11.5 Å². The van der Waals surface area contributed by atoms with E-state index in [4.69, 9.17) is 9.47 Å². The van der Waals surface area contributed by atoms with Gasteiger partial charge < -0.3 is 14.8 Å². The minimum atomic E-state index is 0.544. The SMILES string of the molecule is CC(C)C1(CNCc2cc(Br)c3c(c2)OCCCO3)CC1. The molecule has 4 heteroatoms. The molecule has 3 rings (SSSR count). The van der Waals surface area contributed by atoms with Gasteiger partial charge in [0, 0.05) is 19.5 Å². The van der Waals surface area contributed by atoms with Crippen LogP contribution in [0, 0.1) is 11.3 Å². The smallest absolute Gasteiger partial charge is 0.175 e. The Morgan fingerprint density at radius 2 is 2.00 bits per heavy atom. The van der Waals surface area contributed by atoms with Crippen LogP contribution in [-0.4, -0.2) is 19.8 Å². The summed E-state index contributed by atoms with van der Waals surface area (Å²) in [5.41, 5.74) is 1.79. The van der Waals surface area contributed by atoms with Crippen LogP contribution in [0.3, 0.4) is 0 Å². The summed E-state index contributed by atoms with van der Waals surface area (Å²) in [5, 5.41) is 3.62. The Morgan fingerprint density at radius 1 is 1.24 bits per heavy atom. The summed E-state index contributed by atoms with van der Waals surface area (Å²) in [7, 11) is 0. The molecule has 3 nitrogen and oxygen atoms in total. The first-order chi connectivity index (χ1) is 10.1. The van der Waals surface area contributed by atoms with Gasteiger partial charge in [0.2, 0.25) is 0 Å². The van der Waals surface area contributed by atoms with Crippen molar-refractivity contribution in [2.45, 2.75) is 39.7 Å². The topological polar surface area (TPSA) is 30.5 Å². The lowest BCUT2D eigenvalue weighted by Gasteiger charge is -2.20. The van der Waals surface area contributed by atoms with E-state index in [9.17, 15) is 0 Å². The van der Waals surface area contributed by atoms with E-state index in [1.807, 2.05) is 0 Å². The lowest BCUT2D eigenvalue weighted by Crippen LogP contribution is -2.27. The fraction of sp³-hybridized carbons (Fsp3) is 0.647. The molecule has 0 unspecified atom stereocenters. The van der Waals surface area contributed by atoms with Crippen LogP contribution in [-0.2, 0) is 6.54 Å². The molecule has 1 heterocycles. The van der Waals surface area contributed by atoms with Crippen molar-refractivity contribution in [2.24, 2.45) is 11.3 Å². The number of hydrogen-bond acceptors (Lipinski definition) is 3. The van der Waals surface area contributed by atoms with E-state index < -0.39 is 0 Å². The molecule has 1 aromatic carbocycles. The van der Waals surface area contributed by atoms with Gasteiger partial charge in [-0.3, -0.25) is 0 Å². The van der Waals surface area contributed by atoms with Crippen LogP contribution in [0.1, 0.15) is 38.7 Å². The number of fused-ring (bicyclic) bond motifs is 1. The van der Waals surface area contributed by atoms with Crippen LogP contribution >= 0.6 is 15.9 Å². The standard InChI is InChI=1S/C17H24BrNO2/c1-12(2)17(4-5-17)11-19-10-13-8-14(18)16-15(9-13)20-6-3-7-21-16/h8-9,12,19H,3-7,10-11H2,1-2H3. The average Bonchev–Trinajstić information content (AvgIpc) is 3.23. The van der Waals surface area contributed by atoms with Crippen LogP contribution in [0.15, 0.2) is 16.6 Å². The summed E-state index contributed by atoms with van der Waals surface area (Å²) < 4.78 is 12.5. The molecule has 1 N–H and O–H groups in total. The van der Waals surface area contributed by atoms with Crippen molar-refractivity contribution >= 4 is 15.9 Å². The van der Waals surface area contributed by atoms with Gasteiger partial charge in [-0.05, 0) is 57.8 Å². The maximum Gasteiger partial charge on any atom is 0.175 e. The molecule has 1 saturated carbocycles. The molecule has 1 aliphatic heterocycles. The Labute approximate surface area is 135 Å². The van der Waals surface area contributed by atoms with Crippen molar-refractivity contribution in [2.75, 3.05) is 19.8 Å². The Bertz CT molecular complexity index is 512. The third kappa shape index (κ3) is 3.37. The number of rotatable bonds is 5. The normalized spacial score (nSPS) is 19.4. The molecule has 0 spiro atoms. The Morgan fingerprint density at radius 3 is 2.71 bits per heavy atom. The summed E-state index contributed by atoms with van der Waals surface area (Å²) >= 11 is 3.60. The predicted molar refractivity (Wildman–Crippen MR) is 88.0 cm³/mol. The number of hydrogen-bond donors (Lipinski definition) is 1. The third-order valence-electron chi connectivity index (χ3n) is 4.79. The minimum Gasteiger partial charge on any atom is -0.490 e. The second kappa shape index (κ2) is 6.17. The van der Waals surface area contributed by atoms with E-state index in [2.05, 4.69) is 47.2 Å². The molecule has 0 amide bonds. The monoisotopic (exact) mass is 353 g/mol. The fourth-order valence-electron chi connectivity index (χ4n) is 2.96. The molecule has 116 valence electrons. The molecule has 0 atom stereocenters. The Kier molecular flexibility index (Phi) is 4.46. The Hall–Kier alpha value is -0.740. The summed E-state index contributed by atoms with van der Waals surface area (Å²) in [6.07, 6.45) is 3.66. The van der Waals surface area contributed by atoms with Crippen LogP contribution < -0.4 is 14.8 Å². The van der Waals surface area contributed by atoms with E-state index in [-0.39, 0.29) is 0 Å². The molecule has 1 aliphatic carbocycles. The van der Waals surface area contributed by atoms with Crippen molar-refractivity contribution < 1.29 is 9.47 Å². The molecule has 0 radical (unpaired) electrons. The minimum absolute atomic E-state index is 0.544. The third-order valence-corrected chi connectivity index (χ3v) is 5.37. The van der Waals surface area contributed by atoms with Gasteiger partial charge in [0.15, 0.2) is 11.5 Å². The van der Waals surface area contributed by atoms with Gasteiger partial charge in [-0.2, -0.15) is 0 Å². The predicted octanol–water partition coefficient (Wildman–Crippen LogP) is 4.14. The maximum atomic E-state index is 5.78. The van der Waals surface area contributed by atoms with Crippen molar-refractivity contribution in [3.05, 3.63) is 22.2 Å². The molecule has 0 aromatic heterocycles. The highest BCUT2D eigenvalue weighted by atomic mass is 79.9. The maximum absolute atomic E-state index is 5.78. The van der Waals surface area contributed by atoms with E-state index in [1.165, 1.54) is 18.4 Å². The summed E-state index contributed by atoms with van der Waals surface area (Å²) in [4.78, 5) is 0. The molecule has 21 heavy (non-hydrogen) atoms. The highest BCUT2D eigenvalue weighted by Gasteiger charge is 2.44. The summed E-state index contributed by atoms with van der Waals surface area (Å²) in [5.74, 6) is 2.47. The van der Waals surface area contributed by atoms with Crippen LogP contribution in [0.4, 0.5) is 0 Å².